The maximum atomic E-state index is 6.30. The Labute approximate surface area is 127 Å². The van der Waals surface area contributed by atoms with Crippen molar-refractivity contribution in [1.82, 2.24) is 10.6 Å². The zero-order valence-electron chi connectivity index (χ0n) is 13.1. The van der Waals surface area contributed by atoms with E-state index in [1.54, 1.807) is 0 Å². The fourth-order valence-electron chi connectivity index (χ4n) is 3.37. The van der Waals surface area contributed by atoms with Crippen LogP contribution in [0.3, 0.4) is 0 Å². The zero-order valence-corrected chi connectivity index (χ0v) is 13.1. The fraction of sp³-hybridized carbons (Fsp3) is 0.556. The summed E-state index contributed by atoms with van der Waals surface area (Å²) in [5.41, 5.74) is 3.90. The highest BCUT2D eigenvalue weighted by Crippen LogP contribution is 2.29. The van der Waals surface area contributed by atoms with Gasteiger partial charge in [0.25, 0.3) is 0 Å². The maximum absolute atomic E-state index is 6.30. The van der Waals surface area contributed by atoms with Gasteiger partial charge in [-0.05, 0) is 74.2 Å². The molecule has 3 rings (SSSR count). The van der Waals surface area contributed by atoms with Crippen LogP contribution in [0.5, 0.6) is 5.75 Å². The Hall–Kier alpha value is -1.48. The molecule has 0 amide bonds. The van der Waals surface area contributed by atoms with Crippen LogP contribution >= 0.6 is 0 Å². The summed E-state index contributed by atoms with van der Waals surface area (Å²) < 4.78 is 6.30. The van der Waals surface area contributed by atoms with Gasteiger partial charge in [0.2, 0.25) is 0 Å². The minimum atomic E-state index is 0.377. The Morgan fingerprint density at radius 3 is 2.81 bits per heavy atom. The van der Waals surface area contributed by atoms with Gasteiger partial charge in [-0.25, -0.2) is 0 Å². The lowest BCUT2D eigenvalue weighted by Crippen LogP contribution is -2.36. The van der Waals surface area contributed by atoms with E-state index < -0.39 is 0 Å². The molecule has 1 aromatic carbocycles. The van der Waals surface area contributed by atoms with Crippen LogP contribution in [0, 0.1) is 6.92 Å². The summed E-state index contributed by atoms with van der Waals surface area (Å²) in [6.07, 6.45) is 9.30. The SMILES string of the molecule is CCNC1CCC(Oc2cc3c(cc2C)CNC=C3)CC1. The van der Waals surface area contributed by atoms with Crippen molar-refractivity contribution in [3.8, 4) is 5.75 Å². The average Bonchev–Trinajstić information content (AvgIpc) is 2.50. The summed E-state index contributed by atoms with van der Waals surface area (Å²) in [7, 11) is 0. The third-order valence-electron chi connectivity index (χ3n) is 4.57. The van der Waals surface area contributed by atoms with Crippen molar-refractivity contribution < 1.29 is 4.74 Å². The van der Waals surface area contributed by atoms with Crippen molar-refractivity contribution >= 4 is 6.08 Å². The number of benzene rings is 1. The van der Waals surface area contributed by atoms with Crippen LogP contribution < -0.4 is 15.4 Å². The van der Waals surface area contributed by atoms with Gasteiger partial charge in [-0.3, -0.25) is 0 Å². The van der Waals surface area contributed by atoms with Crippen LogP contribution in [0.25, 0.3) is 6.08 Å². The molecule has 2 aliphatic rings. The van der Waals surface area contributed by atoms with Crippen molar-refractivity contribution in [2.75, 3.05) is 6.54 Å². The Morgan fingerprint density at radius 2 is 2.05 bits per heavy atom. The molecule has 0 atom stereocenters. The van der Waals surface area contributed by atoms with Crippen molar-refractivity contribution in [3.05, 3.63) is 35.0 Å². The number of rotatable bonds is 4. The molecule has 3 nitrogen and oxygen atoms in total. The smallest absolute Gasteiger partial charge is 0.123 e. The number of hydrogen-bond donors (Lipinski definition) is 2. The molecule has 21 heavy (non-hydrogen) atoms. The molecule has 1 aliphatic heterocycles. The van der Waals surface area contributed by atoms with Crippen LogP contribution in [0.1, 0.15) is 49.3 Å². The average molecular weight is 286 g/mol. The van der Waals surface area contributed by atoms with Gasteiger partial charge in [-0.2, -0.15) is 0 Å². The number of aryl methyl sites for hydroxylation is 1. The normalized spacial score (nSPS) is 24.3. The van der Waals surface area contributed by atoms with Gasteiger partial charge >= 0.3 is 0 Å². The van der Waals surface area contributed by atoms with Gasteiger partial charge in [-0.15, -0.1) is 0 Å². The summed E-state index contributed by atoms with van der Waals surface area (Å²) in [4.78, 5) is 0. The number of nitrogens with one attached hydrogen (secondary N) is 2. The van der Waals surface area contributed by atoms with E-state index >= 15 is 0 Å². The molecule has 0 bridgehead atoms. The van der Waals surface area contributed by atoms with Gasteiger partial charge in [0.1, 0.15) is 5.75 Å². The zero-order chi connectivity index (χ0) is 14.7. The lowest BCUT2D eigenvalue weighted by atomic mass is 9.92. The molecule has 114 valence electrons. The molecule has 0 saturated heterocycles. The number of ether oxygens (including phenoxy) is 1. The molecule has 1 aromatic rings. The van der Waals surface area contributed by atoms with Crippen LogP contribution in [-0.2, 0) is 6.54 Å². The minimum absolute atomic E-state index is 0.377. The molecular formula is C18H26N2O. The molecular weight excluding hydrogens is 260 g/mol. The Bertz CT molecular complexity index is 516. The first-order valence-corrected chi connectivity index (χ1v) is 8.19. The predicted molar refractivity (Wildman–Crippen MR) is 87.4 cm³/mol. The van der Waals surface area contributed by atoms with Crippen LogP contribution in [0.2, 0.25) is 0 Å². The van der Waals surface area contributed by atoms with E-state index in [0.29, 0.717) is 12.1 Å². The van der Waals surface area contributed by atoms with Gasteiger partial charge in [0.15, 0.2) is 0 Å². The van der Waals surface area contributed by atoms with E-state index in [2.05, 4.69) is 42.7 Å². The van der Waals surface area contributed by atoms with E-state index in [4.69, 9.17) is 4.74 Å². The van der Waals surface area contributed by atoms with E-state index in [9.17, 15) is 0 Å². The highest BCUT2D eigenvalue weighted by Gasteiger charge is 2.22. The van der Waals surface area contributed by atoms with Crippen molar-refractivity contribution in [2.45, 2.75) is 58.2 Å². The highest BCUT2D eigenvalue weighted by atomic mass is 16.5. The summed E-state index contributed by atoms with van der Waals surface area (Å²) >= 11 is 0. The second-order valence-electron chi connectivity index (χ2n) is 6.18. The van der Waals surface area contributed by atoms with Gasteiger partial charge in [0, 0.05) is 12.6 Å². The predicted octanol–water partition coefficient (Wildman–Crippen LogP) is 3.37. The van der Waals surface area contributed by atoms with Crippen molar-refractivity contribution in [3.63, 3.8) is 0 Å². The minimum Gasteiger partial charge on any atom is -0.490 e. The van der Waals surface area contributed by atoms with Gasteiger partial charge in [0.05, 0.1) is 6.10 Å². The van der Waals surface area contributed by atoms with Crippen LogP contribution in [-0.4, -0.2) is 18.7 Å². The van der Waals surface area contributed by atoms with Gasteiger partial charge < -0.3 is 15.4 Å². The largest absolute Gasteiger partial charge is 0.490 e. The molecule has 0 unspecified atom stereocenters. The van der Waals surface area contributed by atoms with E-state index in [0.717, 1.165) is 31.7 Å². The summed E-state index contributed by atoms with van der Waals surface area (Å²) in [6.45, 7) is 6.32. The summed E-state index contributed by atoms with van der Waals surface area (Å²) in [6, 6.07) is 5.15. The fourth-order valence-corrected chi connectivity index (χ4v) is 3.37. The van der Waals surface area contributed by atoms with Crippen LogP contribution in [0.15, 0.2) is 18.3 Å². The molecule has 0 spiro atoms. The third-order valence-corrected chi connectivity index (χ3v) is 4.57. The van der Waals surface area contributed by atoms with Crippen molar-refractivity contribution in [2.24, 2.45) is 0 Å². The first kappa shape index (κ1) is 14.5. The summed E-state index contributed by atoms with van der Waals surface area (Å²) in [5, 5.41) is 6.81. The van der Waals surface area contributed by atoms with E-state index in [1.807, 2.05) is 6.20 Å². The number of fused-ring (bicyclic) bond motifs is 1. The Morgan fingerprint density at radius 1 is 1.24 bits per heavy atom. The lowest BCUT2D eigenvalue weighted by Gasteiger charge is -2.30. The standard InChI is InChI=1S/C18H26N2O/c1-3-20-16-4-6-17(7-5-16)21-18-11-14-8-9-19-12-15(14)10-13(18)2/h8-11,16-17,19-20H,3-7,12H2,1-2H3. The van der Waals surface area contributed by atoms with E-state index in [1.165, 1.54) is 29.5 Å². The summed E-state index contributed by atoms with van der Waals surface area (Å²) in [5.74, 6) is 1.06. The highest BCUT2D eigenvalue weighted by molar-refractivity contribution is 5.59. The molecule has 1 fully saturated rings. The molecule has 1 aliphatic carbocycles. The lowest BCUT2D eigenvalue weighted by molar-refractivity contribution is 0.139. The Balaban J connectivity index is 1.65. The first-order chi connectivity index (χ1) is 10.3. The Kier molecular flexibility index (Phi) is 4.49. The number of hydrogen-bond acceptors (Lipinski definition) is 3. The topological polar surface area (TPSA) is 33.3 Å². The second-order valence-corrected chi connectivity index (χ2v) is 6.18. The second kappa shape index (κ2) is 6.52. The first-order valence-electron chi connectivity index (χ1n) is 8.19. The molecule has 2 N–H and O–H groups in total. The monoisotopic (exact) mass is 286 g/mol. The molecule has 1 saturated carbocycles. The molecule has 1 heterocycles. The maximum Gasteiger partial charge on any atom is 0.123 e. The van der Waals surface area contributed by atoms with E-state index in [-0.39, 0.29) is 0 Å². The molecule has 0 radical (unpaired) electrons. The van der Waals surface area contributed by atoms with Gasteiger partial charge in [-0.1, -0.05) is 13.0 Å². The van der Waals surface area contributed by atoms with Crippen molar-refractivity contribution in [1.29, 1.82) is 0 Å². The third kappa shape index (κ3) is 3.41. The molecule has 3 heteroatoms. The van der Waals surface area contributed by atoms with Crippen LogP contribution in [0.4, 0.5) is 0 Å². The quantitative estimate of drug-likeness (QED) is 0.890. The molecule has 0 aromatic heterocycles.